The first-order valence-electron chi connectivity index (χ1n) is 8.08. The van der Waals surface area contributed by atoms with E-state index in [1.165, 1.54) is 11.8 Å². The first-order chi connectivity index (χ1) is 13.0. The van der Waals surface area contributed by atoms with E-state index < -0.39 is 11.2 Å². The molecule has 7 heteroatoms. The number of methoxy groups -OCH3 is 1. The number of ether oxygens (including phenoxy) is 2. The van der Waals surface area contributed by atoms with E-state index in [1.807, 2.05) is 48.7 Å². The summed E-state index contributed by atoms with van der Waals surface area (Å²) in [6, 6.07) is 11.6. The summed E-state index contributed by atoms with van der Waals surface area (Å²) in [5.41, 5.74) is 2.65. The molecule has 0 spiro atoms. The van der Waals surface area contributed by atoms with Gasteiger partial charge >= 0.3 is 0 Å². The molecule has 0 bridgehead atoms. The number of hydrogen-bond donors (Lipinski definition) is 0. The molecule has 1 heterocycles. The Morgan fingerprint density at radius 3 is 2.85 bits per heavy atom. The Balaban J connectivity index is 1.92. The fraction of sp³-hybridized carbons (Fsp3) is 0.200. The van der Waals surface area contributed by atoms with Gasteiger partial charge in [-0.05, 0) is 63.2 Å². The van der Waals surface area contributed by atoms with Crippen molar-refractivity contribution in [3.63, 3.8) is 0 Å². The molecule has 0 saturated carbocycles. The van der Waals surface area contributed by atoms with Gasteiger partial charge in [-0.25, -0.2) is 0 Å². The number of para-hydroxylation sites is 1. The third-order valence-corrected chi connectivity index (χ3v) is 6.93. The van der Waals surface area contributed by atoms with Crippen LogP contribution in [0.25, 0.3) is 17.0 Å². The minimum absolute atomic E-state index is 0.366. The van der Waals surface area contributed by atoms with Crippen LogP contribution in [0.3, 0.4) is 0 Å². The molecule has 1 unspecified atom stereocenters. The summed E-state index contributed by atoms with van der Waals surface area (Å²) in [4.78, 5) is 0. The lowest BCUT2D eigenvalue weighted by atomic mass is 10.1. The molecule has 3 rings (SSSR count). The standard InChI is InChI=1S/C20H19BrO4S2/c1-23-17-6-4-5-14(11-18(26-2)27(3)22)20(17)25-12-13-9-15-7-8-24-19(15)16(21)10-13/h4-11H,12H2,1-3H3/b18-11+. The lowest BCUT2D eigenvalue weighted by molar-refractivity contribution is 0.284. The molecule has 0 radical (unpaired) electrons. The highest BCUT2D eigenvalue weighted by atomic mass is 79.9. The van der Waals surface area contributed by atoms with Crippen LogP contribution in [0.1, 0.15) is 11.1 Å². The average molecular weight is 467 g/mol. The molecule has 0 aliphatic rings. The van der Waals surface area contributed by atoms with Gasteiger partial charge in [-0.15, -0.1) is 0 Å². The number of halogens is 1. The van der Waals surface area contributed by atoms with Gasteiger partial charge < -0.3 is 18.4 Å². The van der Waals surface area contributed by atoms with E-state index in [9.17, 15) is 4.55 Å². The summed E-state index contributed by atoms with van der Waals surface area (Å²) in [7, 11) is 1.61. The Kier molecular flexibility index (Phi) is 6.81. The van der Waals surface area contributed by atoms with Crippen molar-refractivity contribution in [1.29, 1.82) is 0 Å². The predicted octanol–water partition coefficient (Wildman–Crippen LogP) is 5.82. The van der Waals surface area contributed by atoms with Crippen molar-refractivity contribution in [1.82, 2.24) is 0 Å². The Morgan fingerprint density at radius 1 is 1.33 bits per heavy atom. The third-order valence-electron chi connectivity index (χ3n) is 3.94. The SMILES string of the molecule is COc1cccc(/C=C(\SC)[S+](C)[O-])c1OCc1cc(Br)c2occc2c1. The van der Waals surface area contributed by atoms with Gasteiger partial charge in [0.05, 0.1) is 17.8 Å². The molecule has 0 fully saturated rings. The summed E-state index contributed by atoms with van der Waals surface area (Å²) >= 11 is 3.93. The number of furan rings is 1. The number of hydrogen-bond acceptors (Lipinski definition) is 5. The van der Waals surface area contributed by atoms with Crippen molar-refractivity contribution < 1.29 is 18.4 Å². The largest absolute Gasteiger partial charge is 0.611 e. The minimum atomic E-state index is -1.06. The summed E-state index contributed by atoms with van der Waals surface area (Å²) < 4.78 is 30.6. The fourth-order valence-corrected chi connectivity index (χ4v) is 4.78. The van der Waals surface area contributed by atoms with Gasteiger partial charge in [0.2, 0.25) is 0 Å². The molecule has 0 amide bonds. The van der Waals surface area contributed by atoms with Gasteiger partial charge in [0.1, 0.15) is 18.4 Å². The molecule has 142 valence electrons. The zero-order chi connectivity index (χ0) is 19.4. The zero-order valence-electron chi connectivity index (χ0n) is 15.2. The van der Waals surface area contributed by atoms with Crippen LogP contribution in [0.15, 0.2) is 55.8 Å². The van der Waals surface area contributed by atoms with Crippen LogP contribution in [-0.2, 0) is 17.8 Å². The van der Waals surface area contributed by atoms with E-state index in [-0.39, 0.29) is 0 Å². The molecule has 1 aromatic heterocycles. The highest BCUT2D eigenvalue weighted by Gasteiger charge is 2.14. The zero-order valence-corrected chi connectivity index (χ0v) is 18.4. The van der Waals surface area contributed by atoms with Gasteiger partial charge in [-0.3, -0.25) is 0 Å². The predicted molar refractivity (Wildman–Crippen MR) is 117 cm³/mol. The summed E-state index contributed by atoms with van der Waals surface area (Å²) in [6.07, 6.45) is 7.12. The van der Waals surface area contributed by atoms with E-state index >= 15 is 0 Å². The van der Waals surface area contributed by atoms with Gasteiger partial charge in [0, 0.05) is 17.0 Å². The van der Waals surface area contributed by atoms with Crippen LogP contribution >= 0.6 is 27.7 Å². The molecular weight excluding hydrogens is 448 g/mol. The molecular formula is C20H19BrO4S2. The second kappa shape index (κ2) is 9.10. The normalized spacial score (nSPS) is 13.0. The first-order valence-corrected chi connectivity index (χ1v) is 11.7. The van der Waals surface area contributed by atoms with E-state index in [4.69, 9.17) is 13.9 Å². The number of rotatable bonds is 7. The second-order valence-corrected chi connectivity index (χ2v) is 9.01. The molecule has 0 N–H and O–H groups in total. The maximum absolute atomic E-state index is 11.9. The Labute approximate surface area is 174 Å². The highest BCUT2D eigenvalue weighted by molar-refractivity contribution is 9.10. The molecule has 4 nitrogen and oxygen atoms in total. The average Bonchev–Trinajstić information content (AvgIpc) is 3.13. The molecule has 2 aromatic carbocycles. The van der Waals surface area contributed by atoms with Crippen LogP contribution in [0.5, 0.6) is 11.5 Å². The van der Waals surface area contributed by atoms with E-state index in [2.05, 4.69) is 15.9 Å². The van der Waals surface area contributed by atoms with Gasteiger partial charge in [-0.1, -0.05) is 23.9 Å². The van der Waals surface area contributed by atoms with Crippen LogP contribution in [0.2, 0.25) is 0 Å². The van der Waals surface area contributed by atoms with Crippen LogP contribution in [0, 0.1) is 0 Å². The van der Waals surface area contributed by atoms with Gasteiger partial charge in [-0.2, -0.15) is 0 Å². The third kappa shape index (κ3) is 4.66. The van der Waals surface area contributed by atoms with Crippen LogP contribution in [0.4, 0.5) is 0 Å². The van der Waals surface area contributed by atoms with Crippen LogP contribution < -0.4 is 9.47 Å². The quantitative estimate of drug-likeness (QED) is 0.410. The summed E-state index contributed by atoms with van der Waals surface area (Å²) in [5.74, 6) is 1.26. The van der Waals surface area contributed by atoms with Crippen molar-refractivity contribution in [2.24, 2.45) is 0 Å². The van der Waals surface area contributed by atoms with Crippen molar-refractivity contribution in [2.75, 3.05) is 19.6 Å². The summed E-state index contributed by atoms with van der Waals surface area (Å²) in [5, 5.41) is 1.01. The maximum atomic E-state index is 11.9. The molecule has 27 heavy (non-hydrogen) atoms. The van der Waals surface area contributed by atoms with Crippen LogP contribution in [-0.4, -0.2) is 24.2 Å². The van der Waals surface area contributed by atoms with E-state index in [0.717, 1.165) is 30.8 Å². The fourth-order valence-electron chi connectivity index (χ4n) is 2.68. The van der Waals surface area contributed by atoms with Crippen molar-refractivity contribution in [3.05, 3.63) is 62.5 Å². The number of fused-ring (bicyclic) bond motifs is 1. The Bertz CT molecular complexity index is 966. The van der Waals surface area contributed by atoms with Crippen molar-refractivity contribution >= 4 is 55.9 Å². The van der Waals surface area contributed by atoms with Gasteiger partial charge in [0.25, 0.3) is 0 Å². The first kappa shape index (κ1) is 20.2. The van der Waals surface area contributed by atoms with E-state index in [1.54, 1.807) is 19.6 Å². The lowest BCUT2D eigenvalue weighted by Gasteiger charge is -2.14. The molecule has 0 aliphatic carbocycles. The Morgan fingerprint density at radius 2 is 2.15 bits per heavy atom. The van der Waals surface area contributed by atoms with E-state index in [0.29, 0.717) is 18.1 Å². The Hall–Kier alpha value is -1.54. The smallest absolute Gasteiger partial charge is 0.186 e. The number of thioether (sulfide) groups is 1. The maximum Gasteiger partial charge on any atom is 0.186 e. The topological polar surface area (TPSA) is 54.7 Å². The van der Waals surface area contributed by atoms with Crippen molar-refractivity contribution in [2.45, 2.75) is 6.61 Å². The summed E-state index contributed by atoms with van der Waals surface area (Å²) in [6.45, 7) is 0.366. The monoisotopic (exact) mass is 466 g/mol. The second-order valence-electron chi connectivity index (χ2n) is 5.71. The van der Waals surface area contributed by atoms with Crippen molar-refractivity contribution in [3.8, 4) is 11.5 Å². The molecule has 0 aliphatic heterocycles. The molecule has 0 saturated heterocycles. The molecule has 3 aromatic rings. The minimum Gasteiger partial charge on any atom is -0.611 e. The number of benzene rings is 2. The lowest BCUT2D eigenvalue weighted by Crippen LogP contribution is -2.01. The highest BCUT2D eigenvalue weighted by Crippen LogP contribution is 2.35. The van der Waals surface area contributed by atoms with Gasteiger partial charge in [0.15, 0.2) is 15.7 Å². The molecule has 1 atom stereocenters.